The largest absolute Gasteiger partial charge is 0.466 e. The highest BCUT2D eigenvalue weighted by molar-refractivity contribution is 7.98. The number of amides is 1. The SMILES string of the molecule is CCOC(=O)Cc1csc(NC(=O)c2cc(SC)ccc2Cl)n1. The zero-order valence-electron chi connectivity index (χ0n) is 12.6. The zero-order valence-corrected chi connectivity index (χ0v) is 15.0. The fourth-order valence-electron chi connectivity index (χ4n) is 1.78. The standard InChI is InChI=1S/C15H15ClN2O3S2/c1-3-21-13(19)6-9-8-23-15(17-9)18-14(20)11-7-10(22-2)4-5-12(11)16/h4-5,7-8H,3,6H2,1-2H3,(H,17,18,20). The molecule has 0 fully saturated rings. The molecule has 0 aliphatic carbocycles. The second-order valence-corrected chi connectivity index (χ2v) is 6.57. The summed E-state index contributed by atoms with van der Waals surface area (Å²) in [5, 5.41) is 5.21. The van der Waals surface area contributed by atoms with Gasteiger partial charge in [-0.1, -0.05) is 11.6 Å². The van der Waals surface area contributed by atoms with Crippen molar-refractivity contribution in [2.75, 3.05) is 18.2 Å². The van der Waals surface area contributed by atoms with Crippen LogP contribution in [0.5, 0.6) is 0 Å². The molecule has 23 heavy (non-hydrogen) atoms. The van der Waals surface area contributed by atoms with Gasteiger partial charge < -0.3 is 4.74 Å². The molecule has 0 aliphatic heterocycles. The number of benzene rings is 1. The number of esters is 1. The molecule has 0 spiro atoms. The molecule has 0 bridgehead atoms. The van der Waals surface area contributed by atoms with Gasteiger partial charge in [0, 0.05) is 10.3 Å². The van der Waals surface area contributed by atoms with Crippen LogP contribution in [0.1, 0.15) is 23.0 Å². The van der Waals surface area contributed by atoms with Crippen LogP contribution in [0, 0.1) is 0 Å². The Morgan fingerprint density at radius 1 is 1.43 bits per heavy atom. The lowest BCUT2D eigenvalue weighted by atomic mass is 10.2. The van der Waals surface area contributed by atoms with Crippen LogP contribution in [0.15, 0.2) is 28.5 Å². The third-order valence-corrected chi connectivity index (χ3v) is 4.68. The Morgan fingerprint density at radius 3 is 2.91 bits per heavy atom. The smallest absolute Gasteiger partial charge is 0.311 e. The maximum atomic E-state index is 12.3. The Kier molecular flexibility index (Phi) is 6.44. The van der Waals surface area contributed by atoms with E-state index < -0.39 is 0 Å². The van der Waals surface area contributed by atoms with E-state index in [1.807, 2.05) is 12.3 Å². The van der Waals surface area contributed by atoms with Crippen molar-refractivity contribution in [1.82, 2.24) is 4.98 Å². The predicted octanol–water partition coefficient (Wildman–Crippen LogP) is 3.88. The first-order valence-electron chi connectivity index (χ1n) is 6.78. The Balaban J connectivity index is 2.06. The van der Waals surface area contributed by atoms with Crippen molar-refractivity contribution < 1.29 is 14.3 Å². The van der Waals surface area contributed by atoms with Crippen LogP contribution in [0.3, 0.4) is 0 Å². The molecule has 2 rings (SSSR count). The summed E-state index contributed by atoms with van der Waals surface area (Å²) in [6, 6.07) is 5.27. The molecule has 1 heterocycles. The number of thioether (sulfide) groups is 1. The number of nitrogens with zero attached hydrogens (tertiary/aromatic N) is 1. The van der Waals surface area contributed by atoms with Gasteiger partial charge in [-0.15, -0.1) is 23.1 Å². The van der Waals surface area contributed by atoms with Gasteiger partial charge in [0.25, 0.3) is 5.91 Å². The molecule has 2 aromatic rings. The summed E-state index contributed by atoms with van der Waals surface area (Å²) in [5.41, 5.74) is 0.952. The molecule has 1 aromatic heterocycles. The number of hydrogen-bond donors (Lipinski definition) is 1. The summed E-state index contributed by atoms with van der Waals surface area (Å²) in [5.74, 6) is -0.672. The highest BCUT2D eigenvalue weighted by Crippen LogP contribution is 2.24. The highest BCUT2D eigenvalue weighted by Gasteiger charge is 2.14. The topological polar surface area (TPSA) is 68.3 Å². The molecule has 122 valence electrons. The summed E-state index contributed by atoms with van der Waals surface area (Å²) in [6.45, 7) is 2.08. The average Bonchev–Trinajstić information content (AvgIpc) is 2.94. The molecule has 5 nitrogen and oxygen atoms in total. The van der Waals surface area contributed by atoms with E-state index in [0.717, 1.165) is 4.90 Å². The van der Waals surface area contributed by atoms with Gasteiger partial charge in [0.2, 0.25) is 0 Å². The van der Waals surface area contributed by atoms with Gasteiger partial charge in [-0.05, 0) is 31.4 Å². The number of halogens is 1. The first-order valence-corrected chi connectivity index (χ1v) is 9.26. The van der Waals surface area contributed by atoms with E-state index >= 15 is 0 Å². The van der Waals surface area contributed by atoms with Crippen molar-refractivity contribution in [2.24, 2.45) is 0 Å². The minimum Gasteiger partial charge on any atom is -0.466 e. The molecule has 0 unspecified atom stereocenters. The third-order valence-electron chi connectivity index (χ3n) is 2.82. The first kappa shape index (κ1) is 17.8. The van der Waals surface area contributed by atoms with Crippen molar-refractivity contribution in [2.45, 2.75) is 18.2 Å². The number of rotatable bonds is 6. The number of aromatic nitrogens is 1. The van der Waals surface area contributed by atoms with Gasteiger partial charge in [0.15, 0.2) is 5.13 Å². The monoisotopic (exact) mass is 370 g/mol. The van der Waals surface area contributed by atoms with Gasteiger partial charge in [-0.25, -0.2) is 4.98 Å². The average molecular weight is 371 g/mol. The molecular formula is C15H15ClN2O3S2. The van der Waals surface area contributed by atoms with E-state index in [0.29, 0.717) is 28.0 Å². The van der Waals surface area contributed by atoms with Crippen LogP contribution < -0.4 is 5.32 Å². The molecule has 0 aliphatic rings. The normalized spacial score (nSPS) is 10.4. The van der Waals surface area contributed by atoms with Crippen LogP contribution in [0.25, 0.3) is 0 Å². The van der Waals surface area contributed by atoms with Gasteiger partial charge in [-0.3, -0.25) is 14.9 Å². The van der Waals surface area contributed by atoms with E-state index in [1.54, 1.807) is 24.4 Å². The fourth-order valence-corrected chi connectivity index (χ4v) is 3.12. The van der Waals surface area contributed by atoms with Crippen molar-refractivity contribution in [3.8, 4) is 0 Å². The lowest BCUT2D eigenvalue weighted by molar-refractivity contribution is -0.142. The Hall–Kier alpha value is -1.57. The lowest BCUT2D eigenvalue weighted by Gasteiger charge is -2.06. The number of hydrogen-bond acceptors (Lipinski definition) is 6. The second kappa shape index (κ2) is 8.33. The van der Waals surface area contributed by atoms with Gasteiger partial charge >= 0.3 is 5.97 Å². The van der Waals surface area contributed by atoms with Crippen molar-refractivity contribution in [1.29, 1.82) is 0 Å². The molecule has 8 heteroatoms. The van der Waals surface area contributed by atoms with Gasteiger partial charge in [0.05, 0.1) is 29.3 Å². The number of ether oxygens (including phenoxy) is 1. The minimum absolute atomic E-state index is 0.0862. The van der Waals surface area contributed by atoms with E-state index in [-0.39, 0.29) is 18.3 Å². The van der Waals surface area contributed by atoms with Gasteiger partial charge in [-0.2, -0.15) is 0 Å². The molecule has 0 atom stereocenters. The number of carbonyl (C=O) groups excluding carboxylic acids is 2. The number of carbonyl (C=O) groups is 2. The molecule has 0 radical (unpaired) electrons. The van der Waals surface area contributed by atoms with Gasteiger partial charge in [0.1, 0.15) is 0 Å². The van der Waals surface area contributed by atoms with E-state index in [2.05, 4.69) is 10.3 Å². The van der Waals surface area contributed by atoms with Crippen molar-refractivity contribution >= 4 is 51.7 Å². The summed E-state index contributed by atoms with van der Waals surface area (Å²) in [4.78, 5) is 28.9. The Morgan fingerprint density at radius 2 is 2.22 bits per heavy atom. The molecule has 1 amide bonds. The maximum Gasteiger partial charge on any atom is 0.311 e. The summed E-state index contributed by atoms with van der Waals surface area (Å²) < 4.78 is 4.87. The Bertz CT molecular complexity index is 718. The Labute approximate surface area is 147 Å². The van der Waals surface area contributed by atoms with Crippen LogP contribution in [0.2, 0.25) is 5.02 Å². The lowest BCUT2D eigenvalue weighted by Crippen LogP contribution is -2.13. The quantitative estimate of drug-likeness (QED) is 0.617. The third kappa shape index (κ3) is 4.95. The summed E-state index contributed by atoms with van der Waals surface area (Å²) in [6.07, 6.45) is 2.01. The number of nitrogens with one attached hydrogen (secondary N) is 1. The molecule has 0 saturated heterocycles. The van der Waals surface area contributed by atoms with Crippen LogP contribution in [-0.4, -0.2) is 29.7 Å². The summed E-state index contributed by atoms with van der Waals surface area (Å²) in [7, 11) is 0. The highest BCUT2D eigenvalue weighted by atomic mass is 35.5. The molecule has 1 N–H and O–H groups in total. The number of anilines is 1. The molecule has 1 aromatic carbocycles. The molecule has 0 saturated carbocycles. The fraction of sp³-hybridized carbons (Fsp3) is 0.267. The summed E-state index contributed by atoms with van der Waals surface area (Å²) >= 11 is 8.85. The second-order valence-electron chi connectivity index (χ2n) is 4.43. The van der Waals surface area contributed by atoms with Crippen molar-refractivity contribution in [3.63, 3.8) is 0 Å². The van der Waals surface area contributed by atoms with E-state index in [4.69, 9.17) is 16.3 Å². The van der Waals surface area contributed by atoms with Crippen LogP contribution in [-0.2, 0) is 16.0 Å². The predicted molar refractivity (Wildman–Crippen MR) is 93.6 cm³/mol. The van der Waals surface area contributed by atoms with Crippen LogP contribution >= 0.6 is 34.7 Å². The zero-order chi connectivity index (χ0) is 16.8. The van der Waals surface area contributed by atoms with Crippen LogP contribution in [0.4, 0.5) is 5.13 Å². The number of thiazole rings is 1. The molecular weight excluding hydrogens is 356 g/mol. The van der Waals surface area contributed by atoms with E-state index in [1.165, 1.54) is 23.1 Å². The minimum atomic E-state index is -0.341. The van der Waals surface area contributed by atoms with E-state index in [9.17, 15) is 9.59 Å². The first-order chi connectivity index (χ1) is 11.0. The maximum absolute atomic E-state index is 12.3. The van der Waals surface area contributed by atoms with Crippen molar-refractivity contribution in [3.05, 3.63) is 39.9 Å².